The van der Waals surface area contributed by atoms with Crippen molar-refractivity contribution in [1.29, 1.82) is 0 Å². The number of halogens is 1. The Bertz CT molecular complexity index is 491. The highest BCUT2D eigenvalue weighted by Crippen LogP contribution is 2.28. The first-order valence-electron chi connectivity index (χ1n) is 8.14. The van der Waals surface area contributed by atoms with E-state index in [1.807, 2.05) is 32.0 Å². The lowest BCUT2D eigenvalue weighted by Crippen LogP contribution is -2.41. The van der Waals surface area contributed by atoms with E-state index in [9.17, 15) is 4.79 Å². The summed E-state index contributed by atoms with van der Waals surface area (Å²) in [6.07, 6.45) is 2.79. The Labute approximate surface area is 144 Å². The molecule has 0 radical (unpaired) electrons. The standard InChI is InChI=1S/C17H26N2O3.ClH/c1-3-21-15-8-7-13(12-16(15)22-4-2)9-11-19-17(20)14-6-5-10-18-14;/h7-8,12,14,18H,3-6,9-11H2,1-2H3,(H,19,20);1H. The summed E-state index contributed by atoms with van der Waals surface area (Å²) in [6, 6.07) is 5.94. The normalized spacial score (nSPS) is 16.5. The van der Waals surface area contributed by atoms with Gasteiger partial charge in [0.05, 0.1) is 19.3 Å². The maximum Gasteiger partial charge on any atom is 0.237 e. The zero-order valence-corrected chi connectivity index (χ0v) is 14.7. The Morgan fingerprint density at radius 2 is 2.00 bits per heavy atom. The van der Waals surface area contributed by atoms with Gasteiger partial charge in [-0.3, -0.25) is 4.79 Å². The Morgan fingerprint density at radius 1 is 1.26 bits per heavy atom. The summed E-state index contributed by atoms with van der Waals surface area (Å²) in [6.45, 7) is 6.70. The van der Waals surface area contributed by atoms with E-state index in [1.165, 1.54) is 0 Å². The minimum absolute atomic E-state index is 0. The van der Waals surface area contributed by atoms with Crippen LogP contribution in [0.1, 0.15) is 32.3 Å². The number of hydrogen-bond donors (Lipinski definition) is 2. The smallest absolute Gasteiger partial charge is 0.237 e. The van der Waals surface area contributed by atoms with Gasteiger partial charge in [-0.2, -0.15) is 0 Å². The molecule has 1 aromatic rings. The molecule has 1 heterocycles. The third kappa shape index (κ3) is 5.92. The van der Waals surface area contributed by atoms with Gasteiger partial charge in [-0.15, -0.1) is 12.4 Å². The fourth-order valence-electron chi connectivity index (χ4n) is 2.61. The van der Waals surface area contributed by atoms with Crippen molar-refractivity contribution in [2.45, 2.75) is 39.2 Å². The minimum atomic E-state index is -0.0145. The lowest BCUT2D eigenvalue weighted by molar-refractivity contribution is -0.122. The first-order chi connectivity index (χ1) is 10.7. The molecule has 0 aromatic heterocycles. The number of nitrogens with one attached hydrogen (secondary N) is 2. The summed E-state index contributed by atoms with van der Waals surface area (Å²) in [7, 11) is 0. The van der Waals surface area contributed by atoms with Crippen molar-refractivity contribution in [3.8, 4) is 11.5 Å². The summed E-state index contributed by atoms with van der Waals surface area (Å²) in [5.41, 5.74) is 1.13. The molecule has 0 spiro atoms. The largest absolute Gasteiger partial charge is 0.490 e. The van der Waals surface area contributed by atoms with Crippen molar-refractivity contribution in [3.05, 3.63) is 23.8 Å². The van der Waals surface area contributed by atoms with Crippen LogP contribution in [0.4, 0.5) is 0 Å². The quantitative estimate of drug-likeness (QED) is 0.761. The van der Waals surface area contributed by atoms with Crippen LogP contribution < -0.4 is 20.1 Å². The zero-order valence-electron chi connectivity index (χ0n) is 13.9. The molecule has 23 heavy (non-hydrogen) atoms. The second-order valence-corrected chi connectivity index (χ2v) is 5.34. The average Bonchev–Trinajstić information content (AvgIpc) is 3.04. The van der Waals surface area contributed by atoms with Gasteiger partial charge in [-0.1, -0.05) is 6.07 Å². The number of amides is 1. The predicted molar refractivity (Wildman–Crippen MR) is 93.8 cm³/mol. The van der Waals surface area contributed by atoms with Gasteiger partial charge >= 0.3 is 0 Å². The Hall–Kier alpha value is -1.46. The van der Waals surface area contributed by atoms with Crippen LogP contribution in [0.15, 0.2) is 18.2 Å². The van der Waals surface area contributed by atoms with Gasteiger partial charge in [0.25, 0.3) is 0 Å². The molecule has 130 valence electrons. The van der Waals surface area contributed by atoms with E-state index in [2.05, 4.69) is 10.6 Å². The molecule has 1 aliphatic rings. The van der Waals surface area contributed by atoms with Gasteiger partial charge in [0.2, 0.25) is 5.91 Å². The van der Waals surface area contributed by atoms with Crippen molar-refractivity contribution in [2.24, 2.45) is 0 Å². The molecule has 0 bridgehead atoms. The van der Waals surface area contributed by atoms with Crippen molar-refractivity contribution < 1.29 is 14.3 Å². The van der Waals surface area contributed by atoms with Gasteiger partial charge in [0.15, 0.2) is 11.5 Å². The van der Waals surface area contributed by atoms with Crippen LogP contribution in [0.25, 0.3) is 0 Å². The second-order valence-electron chi connectivity index (χ2n) is 5.34. The number of carbonyl (C=O) groups excluding carboxylic acids is 1. The van der Waals surface area contributed by atoms with E-state index in [-0.39, 0.29) is 24.4 Å². The third-order valence-corrected chi connectivity index (χ3v) is 3.70. The highest BCUT2D eigenvalue weighted by molar-refractivity contribution is 5.85. The number of benzene rings is 1. The fraction of sp³-hybridized carbons (Fsp3) is 0.588. The SMILES string of the molecule is CCOc1ccc(CCNC(=O)C2CCCN2)cc1OCC.Cl. The molecule has 1 amide bonds. The van der Waals surface area contributed by atoms with Crippen LogP contribution in [-0.2, 0) is 11.2 Å². The van der Waals surface area contributed by atoms with Crippen LogP contribution in [0.5, 0.6) is 11.5 Å². The first kappa shape index (κ1) is 19.6. The molecule has 1 fully saturated rings. The molecule has 1 aliphatic heterocycles. The Morgan fingerprint density at radius 3 is 2.65 bits per heavy atom. The van der Waals surface area contributed by atoms with E-state index < -0.39 is 0 Å². The second kappa shape index (κ2) is 10.3. The highest BCUT2D eigenvalue weighted by atomic mass is 35.5. The predicted octanol–water partition coefficient (Wildman–Crippen LogP) is 2.32. The highest BCUT2D eigenvalue weighted by Gasteiger charge is 2.21. The fourth-order valence-corrected chi connectivity index (χ4v) is 2.61. The van der Waals surface area contributed by atoms with E-state index in [0.717, 1.165) is 42.9 Å². The molecule has 1 unspecified atom stereocenters. The molecule has 2 N–H and O–H groups in total. The zero-order chi connectivity index (χ0) is 15.8. The first-order valence-corrected chi connectivity index (χ1v) is 8.14. The van der Waals surface area contributed by atoms with Crippen LogP contribution in [0.2, 0.25) is 0 Å². The van der Waals surface area contributed by atoms with Gasteiger partial charge in [-0.05, 0) is 57.4 Å². The van der Waals surface area contributed by atoms with E-state index in [0.29, 0.717) is 19.8 Å². The summed E-state index contributed by atoms with van der Waals surface area (Å²) in [5.74, 6) is 1.64. The molecule has 1 atom stereocenters. The van der Waals surface area contributed by atoms with Crippen LogP contribution in [0.3, 0.4) is 0 Å². The van der Waals surface area contributed by atoms with Crippen molar-refractivity contribution >= 4 is 18.3 Å². The topological polar surface area (TPSA) is 59.6 Å². The molecule has 2 rings (SSSR count). The maximum absolute atomic E-state index is 11.9. The van der Waals surface area contributed by atoms with Gasteiger partial charge in [0.1, 0.15) is 0 Å². The molecule has 5 nitrogen and oxygen atoms in total. The van der Waals surface area contributed by atoms with E-state index in [4.69, 9.17) is 9.47 Å². The van der Waals surface area contributed by atoms with E-state index >= 15 is 0 Å². The monoisotopic (exact) mass is 342 g/mol. The third-order valence-electron chi connectivity index (χ3n) is 3.70. The lowest BCUT2D eigenvalue weighted by Gasteiger charge is -2.13. The Kier molecular flexibility index (Phi) is 8.81. The molecule has 0 aliphatic carbocycles. The summed E-state index contributed by atoms with van der Waals surface area (Å²) < 4.78 is 11.2. The molecular weight excluding hydrogens is 316 g/mol. The van der Waals surface area contributed by atoms with Crippen molar-refractivity contribution in [2.75, 3.05) is 26.3 Å². The summed E-state index contributed by atoms with van der Waals surface area (Å²) in [5, 5.41) is 6.19. The summed E-state index contributed by atoms with van der Waals surface area (Å²) in [4.78, 5) is 11.9. The van der Waals surface area contributed by atoms with Gasteiger partial charge < -0.3 is 20.1 Å². The molecule has 6 heteroatoms. The van der Waals surface area contributed by atoms with E-state index in [1.54, 1.807) is 0 Å². The van der Waals surface area contributed by atoms with Crippen molar-refractivity contribution in [1.82, 2.24) is 10.6 Å². The minimum Gasteiger partial charge on any atom is -0.490 e. The molecular formula is C17H27ClN2O3. The average molecular weight is 343 g/mol. The van der Waals surface area contributed by atoms with Crippen LogP contribution in [0, 0.1) is 0 Å². The number of hydrogen-bond acceptors (Lipinski definition) is 4. The van der Waals surface area contributed by atoms with Crippen molar-refractivity contribution in [3.63, 3.8) is 0 Å². The molecule has 1 aromatic carbocycles. The van der Waals surface area contributed by atoms with Crippen LogP contribution in [-0.4, -0.2) is 38.3 Å². The number of ether oxygens (including phenoxy) is 2. The van der Waals surface area contributed by atoms with Crippen LogP contribution >= 0.6 is 12.4 Å². The summed E-state index contributed by atoms with van der Waals surface area (Å²) >= 11 is 0. The maximum atomic E-state index is 11.9. The number of rotatable bonds is 8. The van der Waals surface area contributed by atoms with Gasteiger partial charge in [0, 0.05) is 6.54 Å². The molecule has 0 saturated carbocycles. The lowest BCUT2D eigenvalue weighted by atomic mass is 10.1. The Balaban J connectivity index is 0.00000264. The number of carbonyl (C=O) groups is 1. The van der Waals surface area contributed by atoms with Gasteiger partial charge in [-0.25, -0.2) is 0 Å². The molecule has 1 saturated heterocycles.